The van der Waals surface area contributed by atoms with Crippen LogP contribution in [-0.4, -0.2) is 29.5 Å². The van der Waals surface area contributed by atoms with E-state index in [-0.39, 0.29) is 18.0 Å². The first-order chi connectivity index (χ1) is 15.4. The fourth-order valence-electron chi connectivity index (χ4n) is 3.62. The summed E-state index contributed by atoms with van der Waals surface area (Å²) >= 11 is 0. The van der Waals surface area contributed by atoms with Crippen LogP contribution < -0.4 is 10.1 Å². The molecule has 0 radical (unpaired) electrons. The number of para-hydroxylation sites is 1. The van der Waals surface area contributed by atoms with Gasteiger partial charge in [-0.25, -0.2) is 0 Å². The highest BCUT2D eigenvalue weighted by Crippen LogP contribution is 2.31. The van der Waals surface area contributed by atoms with Gasteiger partial charge in [0.25, 0.3) is 5.91 Å². The molecule has 2 aromatic heterocycles. The van der Waals surface area contributed by atoms with Crippen molar-refractivity contribution in [2.24, 2.45) is 0 Å². The topological polar surface area (TPSA) is 67.0 Å². The van der Waals surface area contributed by atoms with E-state index in [1.807, 2.05) is 54.7 Å². The van der Waals surface area contributed by atoms with Crippen molar-refractivity contribution in [2.75, 3.05) is 13.7 Å². The number of aromatic amines is 1. The van der Waals surface area contributed by atoms with Crippen molar-refractivity contribution in [1.29, 1.82) is 0 Å². The lowest BCUT2D eigenvalue weighted by atomic mass is 9.90. The second-order valence-electron chi connectivity index (χ2n) is 7.26. The lowest BCUT2D eigenvalue weighted by molar-refractivity contribution is -0.141. The molecule has 2 aromatic carbocycles. The van der Waals surface area contributed by atoms with Crippen LogP contribution in [-0.2, 0) is 6.18 Å². The lowest BCUT2D eigenvalue weighted by Crippen LogP contribution is -2.29. The number of alkyl halides is 3. The first kappa shape index (κ1) is 21.4. The zero-order chi connectivity index (χ0) is 22.7. The third-order valence-electron chi connectivity index (χ3n) is 5.30. The zero-order valence-electron chi connectivity index (χ0n) is 17.1. The summed E-state index contributed by atoms with van der Waals surface area (Å²) in [5.74, 6) is 0.0271. The molecule has 1 amide bonds. The maximum atomic E-state index is 12.7. The molecule has 1 unspecified atom stereocenters. The minimum Gasteiger partial charge on any atom is -0.497 e. The van der Waals surface area contributed by atoms with E-state index in [2.05, 4.69) is 15.3 Å². The summed E-state index contributed by atoms with van der Waals surface area (Å²) in [4.78, 5) is 19.2. The number of nitrogens with zero attached hydrogens (tertiary/aromatic N) is 1. The van der Waals surface area contributed by atoms with Gasteiger partial charge in [0, 0.05) is 35.8 Å². The molecule has 0 aliphatic rings. The molecule has 0 fully saturated rings. The third-order valence-corrected chi connectivity index (χ3v) is 5.30. The highest BCUT2D eigenvalue weighted by molar-refractivity contribution is 5.94. The minimum absolute atomic E-state index is 0.0606. The molecule has 1 atom stereocenters. The monoisotopic (exact) mass is 439 g/mol. The Labute approximate surface area is 182 Å². The Balaban J connectivity index is 1.60. The SMILES string of the molecule is COc1ccc(C(CNC(=O)c2ccc(C(F)(F)F)nc2)c2c[nH]c3ccccc23)cc1. The smallest absolute Gasteiger partial charge is 0.433 e. The number of carbonyl (C=O) groups excluding carboxylic acids is 1. The number of halogens is 3. The van der Waals surface area contributed by atoms with E-state index >= 15 is 0 Å². The number of hydrogen-bond donors (Lipinski definition) is 2. The van der Waals surface area contributed by atoms with E-state index in [9.17, 15) is 18.0 Å². The van der Waals surface area contributed by atoms with Gasteiger partial charge in [-0.05, 0) is 41.5 Å². The van der Waals surface area contributed by atoms with Crippen molar-refractivity contribution in [3.8, 4) is 5.75 Å². The van der Waals surface area contributed by atoms with E-state index in [1.165, 1.54) is 0 Å². The lowest BCUT2D eigenvalue weighted by Gasteiger charge is -2.19. The second-order valence-corrected chi connectivity index (χ2v) is 7.26. The van der Waals surface area contributed by atoms with Crippen molar-refractivity contribution in [3.05, 3.63) is 95.4 Å². The van der Waals surface area contributed by atoms with Crippen LogP contribution in [0.2, 0.25) is 0 Å². The molecule has 2 N–H and O–H groups in total. The molecule has 0 saturated heterocycles. The summed E-state index contributed by atoms with van der Waals surface area (Å²) in [6.45, 7) is 0.244. The summed E-state index contributed by atoms with van der Waals surface area (Å²) in [6, 6.07) is 17.3. The van der Waals surface area contributed by atoms with Crippen LogP contribution in [0.25, 0.3) is 10.9 Å². The van der Waals surface area contributed by atoms with Gasteiger partial charge in [0.15, 0.2) is 0 Å². The number of rotatable bonds is 6. The van der Waals surface area contributed by atoms with Gasteiger partial charge in [-0.3, -0.25) is 9.78 Å². The van der Waals surface area contributed by atoms with Crippen molar-refractivity contribution < 1.29 is 22.7 Å². The average Bonchev–Trinajstić information content (AvgIpc) is 3.23. The summed E-state index contributed by atoms with van der Waals surface area (Å²) in [6.07, 6.45) is -1.71. The average molecular weight is 439 g/mol. The molecule has 164 valence electrons. The van der Waals surface area contributed by atoms with E-state index in [0.717, 1.165) is 40.4 Å². The first-order valence-electron chi connectivity index (χ1n) is 9.88. The summed E-state index contributed by atoms with van der Waals surface area (Å²) in [7, 11) is 1.59. The normalized spacial score (nSPS) is 12.5. The van der Waals surface area contributed by atoms with Gasteiger partial charge in [-0.1, -0.05) is 30.3 Å². The van der Waals surface area contributed by atoms with Crippen molar-refractivity contribution in [2.45, 2.75) is 12.1 Å². The van der Waals surface area contributed by atoms with Crippen molar-refractivity contribution in [3.63, 3.8) is 0 Å². The number of amides is 1. The van der Waals surface area contributed by atoms with E-state index in [4.69, 9.17) is 4.74 Å². The number of hydrogen-bond acceptors (Lipinski definition) is 3. The number of carbonyl (C=O) groups is 1. The van der Waals surface area contributed by atoms with Crippen LogP contribution in [0.4, 0.5) is 13.2 Å². The Kier molecular flexibility index (Phi) is 5.85. The minimum atomic E-state index is -4.55. The Bertz CT molecular complexity index is 1220. The number of aromatic nitrogens is 2. The predicted molar refractivity (Wildman–Crippen MR) is 115 cm³/mol. The molecule has 5 nitrogen and oxygen atoms in total. The maximum Gasteiger partial charge on any atom is 0.433 e. The number of nitrogens with one attached hydrogen (secondary N) is 2. The van der Waals surface area contributed by atoms with Crippen LogP contribution in [0.3, 0.4) is 0 Å². The summed E-state index contributed by atoms with van der Waals surface area (Å²) in [5.41, 5.74) is 1.95. The second kappa shape index (κ2) is 8.74. The van der Waals surface area contributed by atoms with Crippen LogP contribution in [0.15, 0.2) is 73.1 Å². The molecule has 0 spiro atoms. The predicted octanol–water partition coefficient (Wildman–Crippen LogP) is 5.15. The number of ether oxygens (including phenoxy) is 1. The molecule has 0 aliphatic carbocycles. The molecule has 32 heavy (non-hydrogen) atoms. The highest BCUT2D eigenvalue weighted by Gasteiger charge is 2.32. The van der Waals surface area contributed by atoms with Gasteiger partial charge >= 0.3 is 6.18 Å². The van der Waals surface area contributed by atoms with Gasteiger partial charge in [0.05, 0.1) is 12.7 Å². The Hall–Kier alpha value is -3.81. The first-order valence-corrected chi connectivity index (χ1v) is 9.88. The molecule has 0 aliphatic heterocycles. The van der Waals surface area contributed by atoms with E-state index < -0.39 is 17.8 Å². The highest BCUT2D eigenvalue weighted by atomic mass is 19.4. The number of fused-ring (bicyclic) bond motifs is 1. The third kappa shape index (κ3) is 4.44. The van der Waals surface area contributed by atoms with Crippen LogP contribution in [0.1, 0.15) is 33.1 Å². The van der Waals surface area contributed by atoms with Crippen LogP contribution in [0.5, 0.6) is 5.75 Å². The summed E-state index contributed by atoms with van der Waals surface area (Å²) in [5, 5.41) is 3.86. The van der Waals surface area contributed by atoms with Gasteiger partial charge in [-0.15, -0.1) is 0 Å². The number of pyridine rings is 1. The van der Waals surface area contributed by atoms with Crippen molar-refractivity contribution in [1.82, 2.24) is 15.3 Å². The molecular formula is C24H20F3N3O2. The quantitative estimate of drug-likeness (QED) is 0.437. The van der Waals surface area contributed by atoms with Gasteiger partial charge in [0.1, 0.15) is 11.4 Å². The van der Waals surface area contributed by atoms with Gasteiger partial charge < -0.3 is 15.0 Å². The largest absolute Gasteiger partial charge is 0.497 e. The molecule has 8 heteroatoms. The number of benzene rings is 2. The van der Waals surface area contributed by atoms with E-state index in [1.54, 1.807) is 7.11 Å². The Morgan fingerprint density at radius 2 is 1.84 bits per heavy atom. The Morgan fingerprint density at radius 1 is 1.09 bits per heavy atom. The molecule has 4 rings (SSSR count). The number of H-pyrrole nitrogens is 1. The summed E-state index contributed by atoms with van der Waals surface area (Å²) < 4.78 is 43.4. The van der Waals surface area contributed by atoms with Crippen LogP contribution >= 0.6 is 0 Å². The molecule has 0 saturated carbocycles. The molecule has 4 aromatic rings. The number of methoxy groups -OCH3 is 1. The maximum absolute atomic E-state index is 12.7. The molecule has 2 heterocycles. The molecule has 0 bridgehead atoms. The van der Waals surface area contributed by atoms with E-state index in [0.29, 0.717) is 5.75 Å². The van der Waals surface area contributed by atoms with Crippen molar-refractivity contribution >= 4 is 16.8 Å². The standard InChI is InChI=1S/C24H20F3N3O2/c1-32-17-9-6-15(7-10-17)19(20-14-28-21-5-3-2-4-18(20)21)13-30-23(31)16-8-11-22(29-12-16)24(25,26)27/h2-12,14,19,28H,13H2,1H3,(H,30,31). The zero-order valence-corrected chi connectivity index (χ0v) is 17.1. The fraction of sp³-hybridized carbons (Fsp3) is 0.167. The van der Waals surface area contributed by atoms with Gasteiger partial charge in [0.2, 0.25) is 0 Å². The fourth-order valence-corrected chi connectivity index (χ4v) is 3.62. The molecular weight excluding hydrogens is 419 g/mol. The van der Waals surface area contributed by atoms with Crippen LogP contribution in [0, 0.1) is 0 Å². The Morgan fingerprint density at radius 3 is 2.50 bits per heavy atom. The van der Waals surface area contributed by atoms with Gasteiger partial charge in [-0.2, -0.15) is 13.2 Å².